The van der Waals surface area contributed by atoms with Gasteiger partial charge in [-0.1, -0.05) is 31.0 Å². The topological polar surface area (TPSA) is 0 Å². The third-order valence-electron chi connectivity index (χ3n) is 2.34. The van der Waals surface area contributed by atoms with Gasteiger partial charge >= 0.3 is 0 Å². The minimum absolute atomic E-state index is 0.144. The summed E-state index contributed by atoms with van der Waals surface area (Å²) in [5.41, 5.74) is 0.696. The molecule has 0 heterocycles. The number of hydrogen-bond donors (Lipinski definition) is 0. The van der Waals surface area contributed by atoms with Gasteiger partial charge in [-0.15, -0.1) is 11.6 Å². The Morgan fingerprint density at radius 3 is 2.67 bits per heavy atom. The Morgan fingerprint density at radius 1 is 1.33 bits per heavy atom. The van der Waals surface area contributed by atoms with E-state index >= 15 is 0 Å². The first kappa shape index (κ1) is 12.8. The highest BCUT2D eigenvalue weighted by Crippen LogP contribution is 2.18. The fourth-order valence-corrected chi connectivity index (χ4v) is 1.98. The van der Waals surface area contributed by atoms with Crippen molar-refractivity contribution in [1.82, 2.24) is 0 Å². The van der Waals surface area contributed by atoms with Crippen LogP contribution in [0.15, 0.2) is 18.2 Å². The average molecular weight is 249 g/mol. The highest BCUT2D eigenvalue weighted by Gasteiger charge is 2.07. The molecule has 1 aromatic carbocycles. The lowest BCUT2D eigenvalue weighted by atomic mass is 10.1. The van der Waals surface area contributed by atoms with Gasteiger partial charge < -0.3 is 0 Å². The lowest BCUT2D eigenvalue weighted by Gasteiger charge is -2.08. The zero-order chi connectivity index (χ0) is 11.3. The number of alkyl halides is 1. The van der Waals surface area contributed by atoms with E-state index in [1.54, 1.807) is 12.1 Å². The van der Waals surface area contributed by atoms with Crippen LogP contribution < -0.4 is 0 Å². The Kier molecular flexibility index (Phi) is 5.41. The highest BCUT2D eigenvalue weighted by atomic mass is 35.5. The largest absolute Gasteiger partial charge is 0.207 e. The molecular weight excluding hydrogens is 234 g/mol. The van der Waals surface area contributed by atoms with Gasteiger partial charge in [0, 0.05) is 10.4 Å². The molecule has 0 aliphatic carbocycles. The van der Waals surface area contributed by atoms with E-state index < -0.39 is 0 Å². The molecular formula is C12H15Cl2F. The number of hydrogen-bond acceptors (Lipinski definition) is 0. The van der Waals surface area contributed by atoms with Crippen molar-refractivity contribution in [3.05, 3.63) is 34.6 Å². The second-order valence-electron chi connectivity index (χ2n) is 3.66. The maximum atomic E-state index is 13.4. The number of benzene rings is 1. The van der Waals surface area contributed by atoms with Crippen molar-refractivity contribution in [1.29, 1.82) is 0 Å². The van der Waals surface area contributed by atoms with Crippen LogP contribution in [0.4, 0.5) is 4.39 Å². The van der Waals surface area contributed by atoms with Crippen LogP contribution in [0.5, 0.6) is 0 Å². The fourth-order valence-electron chi connectivity index (χ4n) is 1.49. The van der Waals surface area contributed by atoms with E-state index in [0.29, 0.717) is 17.0 Å². The first-order chi connectivity index (χ1) is 7.13. The van der Waals surface area contributed by atoms with E-state index in [9.17, 15) is 4.39 Å². The summed E-state index contributed by atoms with van der Waals surface area (Å²) in [5, 5.41) is 0.581. The molecule has 0 radical (unpaired) electrons. The third kappa shape index (κ3) is 4.40. The van der Waals surface area contributed by atoms with Crippen LogP contribution >= 0.6 is 23.2 Å². The summed E-state index contributed by atoms with van der Waals surface area (Å²) in [5.74, 6) is -0.233. The van der Waals surface area contributed by atoms with E-state index in [-0.39, 0.29) is 11.2 Å². The van der Waals surface area contributed by atoms with Gasteiger partial charge in [0.15, 0.2) is 0 Å². The van der Waals surface area contributed by atoms with Crippen LogP contribution in [0, 0.1) is 5.82 Å². The summed E-state index contributed by atoms with van der Waals surface area (Å²) in [6, 6.07) is 4.79. The molecule has 0 amide bonds. The molecule has 84 valence electrons. The van der Waals surface area contributed by atoms with Gasteiger partial charge in [-0.2, -0.15) is 0 Å². The number of rotatable bonds is 5. The standard InChI is InChI=1S/C12H15Cl2F/c1-2-3-10(13)6-4-9-5-7-11(14)8-12(9)15/h5,7-8,10H,2-4,6H2,1H3. The molecule has 0 saturated carbocycles. The molecule has 1 atom stereocenters. The second-order valence-corrected chi connectivity index (χ2v) is 4.71. The Hall–Kier alpha value is -0.270. The minimum Gasteiger partial charge on any atom is -0.207 e. The Morgan fingerprint density at radius 2 is 2.07 bits per heavy atom. The molecule has 3 heteroatoms. The molecule has 0 aliphatic heterocycles. The quantitative estimate of drug-likeness (QED) is 0.656. The fraction of sp³-hybridized carbons (Fsp3) is 0.500. The molecule has 15 heavy (non-hydrogen) atoms. The van der Waals surface area contributed by atoms with Gasteiger partial charge in [0.05, 0.1) is 0 Å². The van der Waals surface area contributed by atoms with Crippen molar-refractivity contribution in [3.8, 4) is 0 Å². The zero-order valence-corrected chi connectivity index (χ0v) is 10.3. The second kappa shape index (κ2) is 6.34. The maximum Gasteiger partial charge on any atom is 0.127 e. The Labute approximate surface area is 100 Å². The lowest BCUT2D eigenvalue weighted by molar-refractivity contribution is 0.596. The molecule has 1 unspecified atom stereocenters. The summed E-state index contributed by atoms with van der Waals surface area (Å²) in [4.78, 5) is 0. The van der Waals surface area contributed by atoms with Crippen molar-refractivity contribution in [3.63, 3.8) is 0 Å². The third-order valence-corrected chi connectivity index (χ3v) is 3.02. The predicted octanol–water partition coefficient (Wildman–Crippen LogP) is 4.82. The van der Waals surface area contributed by atoms with E-state index in [1.807, 2.05) is 0 Å². The lowest BCUT2D eigenvalue weighted by Crippen LogP contribution is -2.01. The average Bonchev–Trinajstić information content (AvgIpc) is 2.17. The van der Waals surface area contributed by atoms with Crippen LogP contribution in [0.2, 0.25) is 5.02 Å². The van der Waals surface area contributed by atoms with Crippen molar-refractivity contribution < 1.29 is 4.39 Å². The smallest absolute Gasteiger partial charge is 0.127 e. The molecule has 0 N–H and O–H groups in total. The van der Waals surface area contributed by atoms with Crippen molar-refractivity contribution in [2.24, 2.45) is 0 Å². The first-order valence-corrected chi connectivity index (χ1v) is 6.03. The van der Waals surface area contributed by atoms with Crippen LogP contribution in [-0.2, 0) is 6.42 Å². The normalized spacial score (nSPS) is 12.8. The van der Waals surface area contributed by atoms with Gasteiger partial charge in [-0.05, 0) is 37.0 Å². The van der Waals surface area contributed by atoms with Gasteiger partial charge in [0.25, 0.3) is 0 Å². The van der Waals surface area contributed by atoms with Crippen molar-refractivity contribution in [2.75, 3.05) is 0 Å². The van der Waals surface area contributed by atoms with E-state index in [1.165, 1.54) is 6.07 Å². The van der Waals surface area contributed by atoms with Crippen LogP contribution in [0.1, 0.15) is 31.7 Å². The van der Waals surface area contributed by atoms with Gasteiger partial charge in [0.2, 0.25) is 0 Å². The molecule has 1 rings (SSSR count). The zero-order valence-electron chi connectivity index (χ0n) is 8.77. The number of halogens is 3. The summed E-state index contributed by atoms with van der Waals surface area (Å²) >= 11 is 11.7. The molecule has 0 bridgehead atoms. The summed E-state index contributed by atoms with van der Waals surface area (Å²) < 4.78 is 13.4. The summed E-state index contributed by atoms with van der Waals surface area (Å²) in [6.07, 6.45) is 3.54. The van der Waals surface area contributed by atoms with Crippen molar-refractivity contribution in [2.45, 2.75) is 38.0 Å². The van der Waals surface area contributed by atoms with Crippen LogP contribution in [-0.4, -0.2) is 5.38 Å². The van der Waals surface area contributed by atoms with Gasteiger partial charge in [0.1, 0.15) is 5.82 Å². The summed E-state index contributed by atoms with van der Waals surface area (Å²) in [6.45, 7) is 2.10. The van der Waals surface area contributed by atoms with Gasteiger partial charge in [-0.25, -0.2) is 4.39 Å². The Balaban J connectivity index is 2.50. The SMILES string of the molecule is CCCC(Cl)CCc1ccc(Cl)cc1F. The molecule has 1 aromatic rings. The Bertz CT molecular complexity index is 312. The molecule has 0 saturated heterocycles. The maximum absolute atomic E-state index is 13.4. The monoisotopic (exact) mass is 248 g/mol. The molecule has 0 fully saturated rings. The highest BCUT2D eigenvalue weighted by molar-refractivity contribution is 6.30. The number of aryl methyl sites for hydroxylation is 1. The van der Waals surface area contributed by atoms with Crippen LogP contribution in [0.25, 0.3) is 0 Å². The predicted molar refractivity (Wildman–Crippen MR) is 64.3 cm³/mol. The van der Waals surface area contributed by atoms with Crippen LogP contribution in [0.3, 0.4) is 0 Å². The first-order valence-electron chi connectivity index (χ1n) is 5.21. The van der Waals surface area contributed by atoms with Gasteiger partial charge in [-0.3, -0.25) is 0 Å². The summed E-state index contributed by atoms with van der Waals surface area (Å²) in [7, 11) is 0. The minimum atomic E-state index is -0.233. The molecule has 0 spiro atoms. The molecule has 0 aliphatic rings. The van der Waals surface area contributed by atoms with E-state index in [0.717, 1.165) is 19.3 Å². The van der Waals surface area contributed by atoms with E-state index in [2.05, 4.69) is 6.92 Å². The molecule has 0 nitrogen and oxygen atoms in total. The molecule has 0 aromatic heterocycles. The van der Waals surface area contributed by atoms with Crippen molar-refractivity contribution >= 4 is 23.2 Å². The van der Waals surface area contributed by atoms with E-state index in [4.69, 9.17) is 23.2 Å².